The molecular weight excluding hydrogens is 270 g/mol. The molecule has 2 aromatic rings. The molecule has 6 heteroatoms. The summed E-state index contributed by atoms with van der Waals surface area (Å²) in [5.41, 5.74) is 7.40. The van der Waals surface area contributed by atoms with Crippen LogP contribution in [0.2, 0.25) is 0 Å². The van der Waals surface area contributed by atoms with Crippen LogP contribution >= 0.6 is 0 Å². The maximum Gasteiger partial charge on any atom is 0.257 e. The van der Waals surface area contributed by atoms with Crippen LogP contribution in [-0.2, 0) is 6.54 Å². The topological polar surface area (TPSA) is 86.5 Å². The molecule has 0 saturated carbocycles. The van der Waals surface area contributed by atoms with Gasteiger partial charge in [0.15, 0.2) is 0 Å². The van der Waals surface area contributed by atoms with Gasteiger partial charge in [-0.3, -0.25) is 4.79 Å². The van der Waals surface area contributed by atoms with Crippen LogP contribution < -0.4 is 20.5 Å². The number of nitrogen functional groups attached to an aromatic ring is 1. The Morgan fingerprint density at radius 2 is 2.05 bits per heavy atom. The fourth-order valence-electron chi connectivity index (χ4n) is 1.87. The summed E-state index contributed by atoms with van der Waals surface area (Å²) in [6.45, 7) is 0.341. The van der Waals surface area contributed by atoms with Gasteiger partial charge < -0.3 is 20.5 Å². The Balaban J connectivity index is 2.08. The minimum Gasteiger partial charge on any atom is -0.496 e. The van der Waals surface area contributed by atoms with Gasteiger partial charge in [0, 0.05) is 24.5 Å². The molecule has 0 unspecified atom stereocenters. The fourth-order valence-corrected chi connectivity index (χ4v) is 1.87. The van der Waals surface area contributed by atoms with E-state index in [9.17, 15) is 4.79 Å². The lowest BCUT2D eigenvalue weighted by molar-refractivity contribution is 0.0949. The molecule has 0 aliphatic heterocycles. The van der Waals surface area contributed by atoms with Gasteiger partial charge >= 0.3 is 0 Å². The van der Waals surface area contributed by atoms with Crippen LogP contribution in [0.25, 0.3) is 0 Å². The monoisotopic (exact) mass is 287 g/mol. The van der Waals surface area contributed by atoms with E-state index in [1.54, 1.807) is 37.6 Å². The molecule has 21 heavy (non-hydrogen) atoms. The zero-order valence-electron chi connectivity index (χ0n) is 11.9. The number of ether oxygens (including phenoxy) is 2. The molecule has 1 aromatic heterocycles. The van der Waals surface area contributed by atoms with E-state index in [0.29, 0.717) is 29.4 Å². The van der Waals surface area contributed by atoms with Crippen molar-refractivity contribution in [3.63, 3.8) is 0 Å². The zero-order valence-corrected chi connectivity index (χ0v) is 11.9. The molecule has 110 valence electrons. The zero-order chi connectivity index (χ0) is 15.2. The summed E-state index contributed by atoms with van der Waals surface area (Å²) in [7, 11) is 3.05. The van der Waals surface area contributed by atoms with Gasteiger partial charge in [0.25, 0.3) is 5.91 Å². The predicted molar refractivity (Wildman–Crippen MR) is 79.4 cm³/mol. The Morgan fingerprint density at radius 1 is 1.24 bits per heavy atom. The van der Waals surface area contributed by atoms with Gasteiger partial charge in [-0.25, -0.2) is 4.98 Å². The van der Waals surface area contributed by atoms with E-state index in [0.717, 1.165) is 5.56 Å². The highest BCUT2D eigenvalue weighted by Crippen LogP contribution is 2.23. The van der Waals surface area contributed by atoms with E-state index >= 15 is 0 Å². The van der Waals surface area contributed by atoms with Gasteiger partial charge in [-0.05, 0) is 17.7 Å². The van der Waals surface area contributed by atoms with E-state index in [2.05, 4.69) is 10.3 Å². The van der Waals surface area contributed by atoms with Crippen LogP contribution in [0.15, 0.2) is 36.5 Å². The van der Waals surface area contributed by atoms with Crippen molar-refractivity contribution >= 4 is 11.6 Å². The third kappa shape index (κ3) is 3.42. The average molecular weight is 287 g/mol. The van der Waals surface area contributed by atoms with E-state index < -0.39 is 0 Å². The van der Waals surface area contributed by atoms with Crippen molar-refractivity contribution in [3.05, 3.63) is 47.7 Å². The normalized spacial score (nSPS) is 10.0. The molecule has 2 rings (SSSR count). The molecule has 1 aromatic carbocycles. The second kappa shape index (κ2) is 6.60. The van der Waals surface area contributed by atoms with Crippen molar-refractivity contribution in [2.45, 2.75) is 6.54 Å². The maximum absolute atomic E-state index is 12.2. The van der Waals surface area contributed by atoms with Crippen molar-refractivity contribution < 1.29 is 14.3 Å². The number of carbonyl (C=O) groups excluding carboxylic acids is 1. The average Bonchev–Trinajstić information content (AvgIpc) is 2.52. The lowest BCUT2D eigenvalue weighted by Gasteiger charge is -2.11. The van der Waals surface area contributed by atoms with Crippen LogP contribution in [-0.4, -0.2) is 25.1 Å². The number of carbonyl (C=O) groups is 1. The molecule has 0 radical (unpaired) electrons. The van der Waals surface area contributed by atoms with Crippen LogP contribution in [0.4, 0.5) is 5.69 Å². The van der Waals surface area contributed by atoms with Crippen molar-refractivity contribution in [2.75, 3.05) is 20.0 Å². The SMILES string of the molecule is COc1ccc(CNC(=O)c2c(N)cccc2OC)cn1. The Morgan fingerprint density at radius 3 is 2.67 bits per heavy atom. The summed E-state index contributed by atoms with van der Waals surface area (Å²) in [4.78, 5) is 16.3. The van der Waals surface area contributed by atoms with Gasteiger partial charge in [-0.15, -0.1) is 0 Å². The molecule has 0 bridgehead atoms. The first-order valence-electron chi connectivity index (χ1n) is 6.35. The second-order valence-corrected chi connectivity index (χ2v) is 4.32. The third-order valence-corrected chi connectivity index (χ3v) is 2.97. The Hall–Kier alpha value is -2.76. The first kappa shape index (κ1) is 14.6. The number of hydrogen-bond acceptors (Lipinski definition) is 5. The van der Waals surface area contributed by atoms with Gasteiger partial charge in [0.1, 0.15) is 11.3 Å². The lowest BCUT2D eigenvalue weighted by Crippen LogP contribution is -2.24. The molecule has 1 amide bonds. The van der Waals surface area contributed by atoms with Crippen molar-refractivity contribution in [2.24, 2.45) is 0 Å². The van der Waals surface area contributed by atoms with Crippen LogP contribution in [0.1, 0.15) is 15.9 Å². The first-order chi connectivity index (χ1) is 10.2. The number of rotatable bonds is 5. The largest absolute Gasteiger partial charge is 0.496 e. The van der Waals surface area contributed by atoms with Crippen LogP contribution in [0, 0.1) is 0 Å². The van der Waals surface area contributed by atoms with Crippen molar-refractivity contribution in [1.29, 1.82) is 0 Å². The molecule has 3 N–H and O–H groups in total. The summed E-state index contributed by atoms with van der Waals surface area (Å²) in [5.74, 6) is 0.681. The number of hydrogen-bond donors (Lipinski definition) is 2. The molecule has 1 heterocycles. The Kier molecular flexibility index (Phi) is 4.61. The third-order valence-electron chi connectivity index (χ3n) is 2.97. The second-order valence-electron chi connectivity index (χ2n) is 4.32. The van der Waals surface area contributed by atoms with Gasteiger partial charge in [-0.1, -0.05) is 12.1 Å². The maximum atomic E-state index is 12.2. The minimum absolute atomic E-state index is 0.291. The standard InChI is InChI=1S/C15H17N3O3/c1-20-12-5-3-4-11(16)14(12)15(19)18-9-10-6-7-13(21-2)17-8-10/h3-8H,9,16H2,1-2H3,(H,18,19). The summed E-state index contributed by atoms with van der Waals surface area (Å²) in [6.07, 6.45) is 1.64. The molecule has 0 saturated heterocycles. The molecule has 0 spiro atoms. The highest BCUT2D eigenvalue weighted by atomic mass is 16.5. The van der Waals surface area contributed by atoms with E-state index in [4.69, 9.17) is 15.2 Å². The van der Waals surface area contributed by atoms with E-state index in [1.807, 2.05) is 6.07 Å². The van der Waals surface area contributed by atoms with Gasteiger partial charge in [0.05, 0.1) is 14.2 Å². The molecule has 0 aliphatic rings. The number of methoxy groups -OCH3 is 2. The molecular formula is C15H17N3O3. The van der Waals surface area contributed by atoms with Gasteiger partial charge in [0.2, 0.25) is 5.88 Å². The Labute approximate surface area is 122 Å². The highest BCUT2D eigenvalue weighted by molar-refractivity contribution is 6.01. The first-order valence-corrected chi connectivity index (χ1v) is 6.35. The number of anilines is 1. The molecule has 0 aliphatic carbocycles. The number of pyridine rings is 1. The lowest BCUT2D eigenvalue weighted by atomic mass is 10.1. The van der Waals surface area contributed by atoms with Gasteiger partial charge in [-0.2, -0.15) is 0 Å². The number of amides is 1. The molecule has 0 atom stereocenters. The molecule has 0 fully saturated rings. The summed E-state index contributed by atoms with van der Waals surface area (Å²) >= 11 is 0. The minimum atomic E-state index is -0.291. The Bertz CT molecular complexity index is 627. The summed E-state index contributed by atoms with van der Waals surface area (Å²) in [5, 5.41) is 2.79. The van der Waals surface area contributed by atoms with E-state index in [-0.39, 0.29) is 5.91 Å². The number of nitrogens with zero attached hydrogens (tertiary/aromatic N) is 1. The van der Waals surface area contributed by atoms with E-state index in [1.165, 1.54) is 7.11 Å². The number of benzene rings is 1. The highest BCUT2D eigenvalue weighted by Gasteiger charge is 2.15. The number of aromatic nitrogens is 1. The van der Waals surface area contributed by atoms with Crippen molar-refractivity contribution in [3.8, 4) is 11.6 Å². The smallest absolute Gasteiger partial charge is 0.257 e. The quantitative estimate of drug-likeness (QED) is 0.816. The summed E-state index contributed by atoms with van der Waals surface area (Å²) in [6, 6.07) is 8.65. The number of nitrogens with two attached hydrogens (primary N) is 1. The summed E-state index contributed by atoms with van der Waals surface area (Å²) < 4.78 is 10.1. The number of nitrogens with one attached hydrogen (secondary N) is 1. The molecule has 6 nitrogen and oxygen atoms in total. The fraction of sp³-hybridized carbons (Fsp3) is 0.200. The van der Waals surface area contributed by atoms with Crippen LogP contribution in [0.5, 0.6) is 11.6 Å². The van der Waals surface area contributed by atoms with Crippen molar-refractivity contribution in [1.82, 2.24) is 10.3 Å². The van der Waals surface area contributed by atoms with Crippen LogP contribution in [0.3, 0.4) is 0 Å². The predicted octanol–water partition coefficient (Wildman–Crippen LogP) is 1.61.